The second-order valence-electron chi connectivity index (χ2n) is 6.36. The lowest BCUT2D eigenvalue weighted by atomic mass is 9.75. The Labute approximate surface area is 131 Å². The number of rotatable bonds is 2. The highest BCUT2D eigenvalue weighted by atomic mass is 32.2. The molecule has 1 aromatic carbocycles. The van der Waals surface area contributed by atoms with E-state index in [1.165, 1.54) is 6.08 Å². The highest BCUT2D eigenvalue weighted by Crippen LogP contribution is 2.51. The zero-order chi connectivity index (χ0) is 15.4. The van der Waals surface area contributed by atoms with Crippen molar-refractivity contribution < 1.29 is 13.8 Å². The maximum Gasteiger partial charge on any atom is 0.176 e. The third-order valence-electron chi connectivity index (χ3n) is 5.04. The predicted octanol–water partition coefficient (Wildman–Crippen LogP) is 2.58. The molecule has 1 aromatic rings. The van der Waals surface area contributed by atoms with Crippen molar-refractivity contribution in [3.8, 4) is 0 Å². The summed E-state index contributed by atoms with van der Waals surface area (Å²) in [5.41, 5.74) is 1.07. The van der Waals surface area contributed by atoms with Crippen LogP contribution in [0.3, 0.4) is 0 Å². The van der Waals surface area contributed by atoms with Crippen molar-refractivity contribution in [3.63, 3.8) is 0 Å². The molecule has 2 bridgehead atoms. The van der Waals surface area contributed by atoms with Crippen molar-refractivity contribution in [2.24, 2.45) is 23.7 Å². The number of allylic oxidation sites excluding steroid dienone is 4. The molecule has 5 atom stereocenters. The number of hydrogen-bond acceptors (Lipinski definition) is 3. The van der Waals surface area contributed by atoms with Crippen LogP contribution >= 0.6 is 0 Å². The summed E-state index contributed by atoms with van der Waals surface area (Å²) in [6, 6.07) is 7.26. The SMILES string of the molecule is Cc1ccc([S@](=O)C2=CC(=O)[C@H]3[C@@H](C2=O)[C@H]2C=C[C@@H]3C2)cc1. The van der Waals surface area contributed by atoms with Crippen LogP contribution < -0.4 is 0 Å². The van der Waals surface area contributed by atoms with Gasteiger partial charge in [-0.3, -0.25) is 9.59 Å². The van der Waals surface area contributed by atoms with Crippen LogP contribution in [0, 0.1) is 30.6 Å². The lowest BCUT2D eigenvalue weighted by molar-refractivity contribution is -0.129. The van der Waals surface area contributed by atoms with Crippen LogP contribution in [0.5, 0.6) is 0 Å². The molecular weight excluding hydrogens is 296 g/mol. The highest BCUT2D eigenvalue weighted by molar-refractivity contribution is 7.90. The average molecular weight is 312 g/mol. The highest BCUT2D eigenvalue weighted by Gasteiger charge is 2.53. The van der Waals surface area contributed by atoms with Gasteiger partial charge in [0.2, 0.25) is 0 Å². The van der Waals surface area contributed by atoms with Crippen LogP contribution in [-0.2, 0) is 20.4 Å². The first kappa shape index (κ1) is 13.8. The summed E-state index contributed by atoms with van der Waals surface area (Å²) in [7, 11) is -1.57. The molecular formula is C18H16O3S. The molecule has 3 aliphatic carbocycles. The van der Waals surface area contributed by atoms with Crippen molar-refractivity contribution >= 4 is 22.4 Å². The van der Waals surface area contributed by atoms with E-state index in [1.807, 2.05) is 19.1 Å². The van der Waals surface area contributed by atoms with Crippen molar-refractivity contribution in [1.29, 1.82) is 0 Å². The van der Waals surface area contributed by atoms with E-state index >= 15 is 0 Å². The fraction of sp³-hybridized carbons (Fsp3) is 0.333. The minimum absolute atomic E-state index is 0.0306. The number of ketones is 2. The second kappa shape index (κ2) is 4.85. The molecule has 112 valence electrons. The van der Waals surface area contributed by atoms with Gasteiger partial charge < -0.3 is 0 Å². The van der Waals surface area contributed by atoms with Gasteiger partial charge in [0.25, 0.3) is 0 Å². The minimum Gasteiger partial charge on any atom is -0.294 e. The summed E-state index contributed by atoms with van der Waals surface area (Å²) in [5.74, 6) is -0.308. The molecule has 0 unspecified atom stereocenters. The molecule has 0 N–H and O–H groups in total. The summed E-state index contributed by atoms with van der Waals surface area (Å²) in [4.78, 5) is 25.9. The quantitative estimate of drug-likeness (QED) is 0.789. The summed E-state index contributed by atoms with van der Waals surface area (Å²) in [6.45, 7) is 1.95. The van der Waals surface area contributed by atoms with Gasteiger partial charge in [0.1, 0.15) is 0 Å². The van der Waals surface area contributed by atoms with E-state index in [-0.39, 0.29) is 40.1 Å². The minimum atomic E-state index is -1.57. The van der Waals surface area contributed by atoms with Gasteiger partial charge in [-0.15, -0.1) is 0 Å². The zero-order valence-electron chi connectivity index (χ0n) is 12.2. The molecule has 1 saturated carbocycles. The van der Waals surface area contributed by atoms with Gasteiger partial charge in [0.15, 0.2) is 11.6 Å². The number of Topliss-reactive ketones (excluding diaryl/α,β-unsaturated/α-hetero) is 1. The second-order valence-corrected chi connectivity index (χ2v) is 7.81. The molecule has 0 saturated heterocycles. The zero-order valence-corrected chi connectivity index (χ0v) is 13.0. The monoisotopic (exact) mass is 312 g/mol. The first-order valence-corrected chi connectivity index (χ1v) is 8.68. The smallest absolute Gasteiger partial charge is 0.176 e. The van der Waals surface area contributed by atoms with Crippen LogP contribution in [0.2, 0.25) is 0 Å². The Morgan fingerprint density at radius 1 is 1.00 bits per heavy atom. The van der Waals surface area contributed by atoms with E-state index in [4.69, 9.17) is 0 Å². The van der Waals surface area contributed by atoms with Crippen LogP contribution in [-0.4, -0.2) is 15.8 Å². The van der Waals surface area contributed by atoms with Gasteiger partial charge in [0, 0.05) is 22.8 Å². The third-order valence-corrected chi connectivity index (χ3v) is 6.46. The molecule has 0 radical (unpaired) electrons. The Hall–Kier alpha value is -1.81. The first-order valence-electron chi connectivity index (χ1n) is 7.53. The maximum atomic E-state index is 12.8. The predicted molar refractivity (Wildman–Crippen MR) is 83.4 cm³/mol. The Bertz CT molecular complexity index is 757. The van der Waals surface area contributed by atoms with Crippen molar-refractivity contribution in [2.75, 3.05) is 0 Å². The van der Waals surface area contributed by atoms with Gasteiger partial charge in [-0.05, 0) is 37.3 Å². The van der Waals surface area contributed by atoms with E-state index in [9.17, 15) is 13.8 Å². The molecule has 4 heteroatoms. The first-order chi connectivity index (χ1) is 10.6. The van der Waals surface area contributed by atoms with Crippen molar-refractivity contribution in [3.05, 3.63) is 53.0 Å². The molecule has 3 nitrogen and oxygen atoms in total. The average Bonchev–Trinajstić information content (AvgIpc) is 3.12. The molecule has 0 spiro atoms. The molecule has 0 aliphatic heterocycles. The van der Waals surface area contributed by atoms with Gasteiger partial charge in [-0.1, -0.05) is 29.8 Å². The summed E-state index contributed by atoms with van der Waals surface area (Å²) in [6.07, 6.45) is 6.33. The normalized spacial score (nSPS) is 33.8. The van der Waals surface area contributed by atoms with Crippen molar-refractivity contribution in [2.45, 2.75) is 18.2 Å². The lowest BCUT2D eigenvalue weighted by Crippen LogP contribution is -2.38. The Kier molecular flexibility index (Phi) is 3.05. The summed E-state index contributed by atoms with van der Waals surface area (Å²) < 4.78 is 12.7. The fourth-order valence-electron chi connectivity index (χ4n) is 3.96. The van der Waals surface area contributed by atoms with Gasteiger partial charge in [0.05, 0.1) is 15.7 Å². The van der Waals surface area contributed by atoms with E-state index in [0.717, 1.165) is 12.0 Å². The standard InChI is InChI=1S/C18H16O3S/c1-10-2-6-13(7-3-10)22(21)15-9-14(19)16-11-4-5-12(8-11)17(16)18(15)20/h2-7,9,11-12,16-17H,8H2,1H3/t11-,12+,16+,17+,22+/m1/s1. The molecule has 0 amide bonds. The fourth-order valence-corrected chi connectivity index (χ4v) is 5.14. The number of hydrogen-bond donors (Lipinski definition) is 0. The van der Waals surface area contributed by atoms with Gasteiger partial charge in [-0.2, -0.15) is 0 Å². The number of aryl methyl sites for hydroxylation is 1. The lowest BCUT2D eigenvalue weighted by Gasteiger charge is -2.29. The number of carbonyl (C=O) groups excluding carboxylic acids is 2. The molecule has 4 rings (SSSR count). The molecule has 3 aliphatic rings. The van der Waals surface area contributed by atoms with Gasteiger partial charge >= 0.3 is 0 Å². The Morgan fingerprint density at radius 2 is 1.64 bits per heavy atom. The summed E-state index contributed by atoms with van der Waals surface area (Å²) in [5, 5.41) is 0. The number of fused-ring (bicyclic) bond motifs is 5. The third kappa shape index (κ3) is 1.90. The van der Waals surface area contributed by atoms with Gasteiger partial charge in [-0.25, -0.2) is 4.21 Å². The van der Waals surface area contributed by atoms with Crippen LogP contribution in [0.1, 0.15) is 12.0 Å². The van der Waals surface area contributed by atoms with E-state index in [0.29, 0.717) is 4.90 Å². The van der Waals surface area contributed by atoms with E-state index < -0.39 is 10.8 Å². The number of benzene rings is 1. The Morgan fingerprint density at radius 3 is 2.32 bits per heavy atom. The molecule has 22 heavy (non-hydrogen) atoms. The topological polar surface area (TPSA) is 51.2 Å². The van der Waals surface area contributed by atoms with E-state index in [1.54, 1.807) is 12.1 Å². The van der Waals surface area contributed by atoms with Crippen LogP contribution in [0.4, 0.5) is 0 Å². The summed E-state index contributed by atoms with van der Waals surface area (Å²) >= 11 is 0. The number of carbonyl (C=O) groups is 2. The van der Waals surface area contributed by atoms with Crippen LogP contribution in [0.25, 0.3) is 0 Å². The molecule has 1 fully saturated rings. The largest absolute Gasteiger partial charge is 0.294 e. The Balaban J connectivity index is 1.71. The van der Waals surface area contributed by atoms with Crippen LogP contribution in [0.15, 0.2) is 52.3 Å². The van der Waals surface area contributed by atoms with E-state index in [2.05, 4.69) is 12.2 Å². The molecule has 0 heterocycles. The van der Waals surface area contributed by atoms with Crippen molar-refractivity contribution in [1.82, 2.24) is 0 Å². The molecule has 0 aromatic heterocycles. The maximum absolute atomic E-state index is 12.8.